The maximum absolute atomic E-state index is 13.9. The third-order valence-corrected chi connectivity index (χ3v) is 7.09. The molecule has 9 heteroatoms. The predicted molar refractivity (Wildman–Crippen MR) is 139 cm³/mol. The molecule has 0 aromatic carbocycles. The first-order chi connectivity index (χ1) is 18.0. The molecule has 2 aromatic heterocycles. The number of carbonyl (C=O) groups excluding carboxylic acids is 3. The molecule has 0 aliphatic heterocycles. The normalized spacial score (nSPS) is 16.7. The summed E-state index contributed by atoms with van der Waals surface area (Å²) in [7, 11) is 0. The molecule has 1 N–H and O–H groups in total. The van der Waals surface area contributed by atoms with Crippen LogP contribution < -0.4 is 10.2 Å². The fourth-order valence-electron chi connectivity index (χ4n) is 5.31. The van der Waals surface area contributed by atoms with Crippen molar-refractivity contribution < 1.29 is 28.3 Å². The highest BCUT2D eigenvalue weighted by Crippen LogP contribution is 2.40. The molecular weight excluding hydrogens is 474 g/mol. The van der Waals surface area contributed by atoms with Gasteiger partial charge in [-0.1, -0.05) is 38.5 Å². The summed E-state index contributed by atoms with van der Waals surface area (Å²) in [6.45, 7) is 3.65. The van der Waals surface area contributed by atoms with Crippen molar-refractivity contribution in [2.45, 2.75) is 90.1 Å². The molecule has 0 unspecified atom stereocenters. The molecule has 0 atom stereocenters. The number of nitrogens with zero attached hydrogens (tertiary/aromatic N) is 2. The molecular formula is C28H37N3O6. The Morgan fingerprint density at radius 1 is 0.892 bits per heavy atom. The summed E-state index contributed by atoms with van der Waals surface area (Å²) in [5.74, 6) is -1.52. The van der Waals surface area contributed by atoms with Crippen LogP contribution in [0.3, 0.4) is 0 Å². The molecule has 37 heavy (non-hydrogen) atoms. The number of furan rings is 1. The van der Waals surface area contributed by atoms with Crippen molar-refractivity contribution in [3.05, 3.63) is 41.2 Å². The molecule has 2 saturated carbocycles. The highest BCUT2D eigenvalue weighted by atomic mass is 16.5. The second-order valence-electron chi connectivity index (χ2n) is 9.61. The van der Waals surface area contributed by atoms with Crippen LogP contribution >= 0.6 is 0 Å². The number of amides is 1. The summed E-state index contributed by atoms with van der Waals surface area (Å²) in [6, 6.07) is 3.18. The lowest BCUT2D eigenvalue weighted by atomic mass is 9.93. The molecule has 2 aliphatic rings. The highest BCUT2D eigenvalue weighted by molar-refractivity contribution is 6.14. The highest BCUT2D eigenvalue weighted by Gasteiger charge is 2.40. The number of anilines is 2. The largest absolute Gasteiger partial charge is 0.462 e. The lowest BCUT2D eigenvalue weighted by Crippen LogP contribution is -2.42. The summed E-state index contributed by atoms with van der Waals surface area (Å²) in [5.41, 5.74) is 0.349. The van der Waals surface area contributed by atoms with Gasteiger partial charge >= 0.3 is 11.9 Å². The first-order valence-corrected chi connectivity index (χ1v) is 13.6. The molecule has 0 radical (unpaired) electrons. The molecule has 0 spiro atoms. The average Bonchev–Trinajstić information content (AvgIpc) is 3.29. The Balaban J connectivity index is 1.88. The van der Waals surface area contributed by atoms with Crippen LogP contribution in [0.4, 0.5) is 11.8 Å². The Morgan fingerprint density at radius 2 is 1.46 bits per heavy atom. The quantitative estimate of drug-likeness (QED) is 0.424. The van der Waals surface area contributed by atoms with Crippen LogP contribution in [-0.4, -0.2) is 48.1 Å². The number of pyridine rings is 1. The van der Waals surface area contributed by atoms with Gasteiger partial charge in [-0.25, -0.2) is 9.59 Å². The Hall–Kier alpha value is -3.36. The van der Waals surface area contributed by atoms with E-state index in [0.717, 1.165) is 64.2 Å². The van der Waals surface area contributed by atoms with E-state index >= 15 is 0 Å². The summed E-state index contributed by atoms with van der Waals surface area (Å²) in [5, 5.41) is 3.36. The van der Waals surface area contributed by atoms with Gasteiger partial charge in [-0.2, -0.15) is 0 Å². The van der Waals surface area contributed by atoms with Gasteiger partial charge in [-0.15, -0.1) is 0 Å². The van der Waals surface area contributed by atoms with Crippen LogP contribution in [0.1, 0.15) is 109 Å². The second kappa shape index (κ2) is 12.7. The predicted octanol–water partition coefficient (Wildman–Crippen LogP) is 5.75. The van der Waals surface area contributed by atoms with E-state index < -0.39 is 11.9 Å². The maximum Gasteiger partial charge on any atom is 0.344 e. The summed E-state index contributed by atoms with van der Waals surface area (Å²) in [4.78, 5) is 46.1. The van der Waals surface area contributed by atoms with E-state index in [1.54, 1.807) is 43.3 Å². The molecule has 200 valence electrons. The summed E-state index contributed by atoms with van der Waals surface area (Å²) >= 11 is 0. The molecule has 4 rings (SSSR count). The van der Waals surface area contributed by atoms with Crippen molar-refractivity contribution in [3.8, 4) is 0 Å². The monoisotopic (exact) mass is 511 g/mol. The van der Waals surface area contributed by atoms with Gasteiger partial charge in [-0.05, 0) is 51.7 Å². The van der Waals surface area contributed by atoms with Gasteiger partial charge in [0.15, 0.2) is 0 Å². The zero-order valence-corrected chi connectivity index (χ0v) is 21.8. The topological polar surface area (TPSA) is 111 Å². The minimum atomic E-state index is -0.718. The average molecular weight is 512 g/mol. The van der Waals surface area contributed by atoms with Gasteiger partial charge in [0.25, 0.3) is 5.91 Å². The van der Waals surface area contributed by atoms with E-state index in [2.05, 4.69) is 10.3 Å². The minimum Gasteiger partial charge on any atom is -0.462 e. The summed E-state index contributed by atoms with van der Waals surface area (Å²) in [6.07, 6.45) is 12.8. The Labute approximate surface area is 217 Å². The van der Waals surface area contributed by atoms with Gasteiger partial charge in [0.2, 0.25) is 11.8 Å². The molecule has 1 amide bonds. The molecule has 2 aromatic rings. The fraction of sp³-hybridized carbons (Fsp3) is 0.571. The third-order valence-electron chi connectivity index (χ3n) is 7.09. The number of carbonyl (C=O) groups is 3. The zero-order chi connectivity index (χ0) is 26.2. The smallest absolute Gasteiger partial charge is 0.344 e. The number of rotatable bonds is 9. The van der Waals surface area contributed by atoms with E-state index in [9.17, 15) is 14.4 Å². The number of nitrogens with one attached hydrogen (secondary N) is 1. The SMILES string of the molecule is CCOC(=O)c1c(NC2CCCCC2)oc(N(C(=O)c2ccncc2)C2CCCCC2)c1C(=O)OCC. The van der Waals surface area contributed by atoms with E-state index in [1.807, 2.05) is 0 Å². The Morgan fingerprint density at radius 3 is 2.05 bits per heavy atom. The number of ether oxygens (including phenoxy) is 2. The Bertz CT molecular complexity index is 1070. The van der Waals surface area contributed by atoms with Gasteiger partial charge in [-0.3, -0.25) is 14.7 Å². The van der Waals surface area contributed by atoms with E-state index in [4.69, 9.17) is 13.9 Å². The van der Waals surface area contributed by atoms with E-state index in [-0.39, 0.29) is 54.1 Å². The first-order valence-electron chi connectivity index (χ1n) is 13.6. The van der Waals surface area contributed by atoms with Crippen molar-refractivity contribution in [2.24, 2.45) is 0 Å². The lowest BCUT2D eigenvalue weighted by molar-refractivity contribution is 0.0481. The first kappa shape index (κ1) is 26.7. The van der Waals surface area contributed by atoms with Crippen molar-refractivity contribution in [3.63, 3.8) is 0 Å². The van der Waals surface area contributed by atoms with Crippen molar-refractivity contribution in [1.82, 2.24) is 4.98 Å². The molecule has 0 saturated heterocycles. The van der Waals surface area contributed by atoms with Crippen LogP contribution in [0.25, 0.3) is 0 Å². The van der Waals surface area contributed by atoms with Crippen LogP contribution in [0, 0.1) is 0 Å². The number of hydrogen-bond acceptors (Lipinski definition) is 8. The molecule has 2 heterocycles. The maximum atomic E-state index is 13.9. The number of esters is 2. The molecule has 2 fully saturated rings. The summed E-state index contributed by atoms with van der Waals surface area (Å²) < 4.78 is 17.1. The van der Waals surface area contributed by atoms with Crippen LogP contribution in [0.5, 0.6) is 0 Å². The van der Waals surface area contributed by atoms with Gasteiger partial charge < -0.3 is 19.2 Å². The molecule has 0 bridgehead atoms. The standard InChI is InChI=1S/C28H37N3O6/c1-3-35-27(33)22-23(28(34)36-4-2)26(37-24(22)30-20-11-7-5-8-12-20)31(21-13-9-6-10-14-21)25(32)19-15-17-29-18-16-19/h15-18,20-21,30H,3-14H2,1-2H3. The van der Waals surface area contributed by atoms with Crippen LogP contribution in [0.15, 0.2) is 28.9 Å². The zero-order valence-electron chi connectivity index (χ0n) is 21.8. The van der Waals surface area contributed by atoms with Crippen molar-refractivity contribution in [1.29, 1.82) is 0 Å². The molecule has 2 aliphatic carbocycles. The van der Waals surface area contributed by atoms with Crippen LogP contribution in [-0.2, 0) is 9.47 Å². The fourth-order valence-corrected chi connectivity index (χ4v) is 5.31. The van der Waals surface area contributed by atoms with Gasteiger partial charge in [0.1, 0.15) is 11.1 Å². The number of hydrogen-bond donors (Lipinski definition) is 1. The third kappa shape index (κ3) is 6.14. The molecule has 9 nitrogen and oxygen atoms in total. The van der Waals surface area contributed by atoms with Crippen molar-refractivity contribution in [2.75, 3.05) is 23.4 Å². The van der Waals surface area contributed by atoms with Crippen LogP contribution in [0.2, 0.25) is 0 Å². The van der Waals surface area contributed by atoms with Crippen molar-refractivity contribution >= 4 is 29.6 Å². The van der Waals surface area contributed by atoms with E-state index in [0.29, 0.717) is 5.56 Å². The number of aromatic nitrogens is 1. The van der Waals surface area contributed by atoms with Gasteiger partial charge in [0.05, 0.1) is 13.2 Å². The minimum absolute atomic E-state index is 0.00999. The Kier molecular flexibility index (Phi) is 9.19. The second-order valence-corrected chi connectivity index (χ2v) is 9.61. The van der Waals surface area contributed by atoms with Gasteiger partial charge in [0, 0.05) is 30.0 Å². The lowest BCUT2D eigenvalue weighted by Gasteiger charge is -2.33. The van der Waals surface area contributed by atoms with E-state index in [1.165, 1.54) is 0 Å².